The van der Waals surface area contributed by atoms with E-state index >= 15 is 0 Å². The second-order valence-electron chi connectivity index (χ2n) is 4.96. The predicted octanol–water partition coefficient (Wildman–Crippen LogP) is 1.08. The second kappa shape index (κ2) is 8.02. The first-order chi connectivity index (χ1) is 10.8. The summed E-state index contributed by atoms with van der Waals surface area (Å²) in [5.74, 6) is -1.49. The third-order valence-corrected chi connectivity index (χ3v) is 2.98. The van der Waals surface area contributed by atoms with Crippen molar-refractivity contribution in [2.45, 2.75) is 20.0 Å². The summed E-state index contributed by atoms with van der Waals surface area (Å²) in [6.45, 7) is 3.33. The van der Waals surface area contributed by atoms with Gasteiger partial charge in [0, 0.05) is 0 Å². The monoisotopic (exact) mass is 324 g/mol. The normalized spacial score (nSPS) is 11.5. The molecule has 0 fully saturated rings. The van der Waals surface area contributed by atoms with Gasteiger partial charge in [0.15, 0.2) is 6.10 Å². The van der Waals surface area contributed by atoms with Crippen LogP contribution < -0.4 is 20.5 Å². The zero-order valence-corrected chi connectivity index (χ0v) is 13.4. The maximum atomic E-state index is 12.4. The number of ether oxygens (including phenoxy) is 3. The maximum absolute atomic E-state index is 12.4. The minimum Gasteiger partial charge on any atom is -0.496 e. The van der Waals surface area contributed by atoms with Gasteiger partial charge in [0.1, 0.15) is 17.1 Å². The van der Waals surface area contributed by atoms with Crippen molar-refractivity contribution in [3.63, 3.8) is 0 Å². The number of benzene rings is 1. The number of carbonyl (C=O) groups is 3. The lowest BCUT2D eigenvalue weighted by molar-refractivity contribution is -0.130. The van der Waals surface area contributed by atoms with Crippen molar-refractivity contribution < 1.29 is 28.6 Å². The molecule has 1 atom stereocenters. The number of imide groups is 1. The van der Waals surface area contributed by atoms with E-state index in [1.165, 1.54) is 14.2 Å². The fraction of sp³-hybridized carbons (Fsp3) is 0.400. The molecule has 0 bridgehead atoms. The van der Waals surface area contributed by atoms with Crippen LogP contribution in [0.15, 0.2) is 18.2 Å². The van der Waals surface area contributed by atoms with E-state index in [-0.39, 0.29) is 23.0 Å². The Morgan fingerprint density at radius 3 is 2.00 bits per heavy atom. The smallest absolute Gasteiger partial charge is 0.346 e. The SMILES string of the molecule is COc1cccc(OC)c1C(=O)O[C@H](C(=O)NC(N)=O)C(C)C. The molecule has 126 valence electrons. The van der Waals surface area contributed by atoms with Crippen molar-refractivity contribution in [1.29, 1.82) is 0 Å². The van der Waals surface area contributed by atoms with Gasteiger partial charge in [-0.3, -0.25) is 10.1 Å². The Bertz CT molecular complexity index is 577. The van der Waals surface area contributed by atoms with Gasteiger partial charge >= 0.3 is 12.0 Å². The molecule has 0 radical (unpaired) electrons. The third-order valence-electron chi connectivity index (χ3n) is 2.98. The van der Waals surface area contributed by atoms with Crippen LogP contribution in [0, 0.1) is 5.92 Å². The standard InChI is InChI=1S/C15H20N2O6/c1-8(2)12(13(18)17-15(16)20)23-14(19)11-9(21-3)6-5-7-10(11)22-4/h5-8,12H,1-4H3,(H3,16,17,18,20)/t12-/m0/s1. The van der Waals surface area contributed by atoms with E-state index in [0.29, 0.717) is 0 Å². The molecule has 8 heteroatoms. The lowest BCUT2D eigenvalue weighted by Gasteiger charge is -2.21. The van der Waals surface area contributed by atoms with Gasteiger partial charge in [-0.25, -0.2) is 9.59 Å². The average molecular weight is 324 g/mol. The van der Waals surface area contributed by atoms with Crippen molar-refractivity contribution in [3.8, 4) is 11.5 Å². The number of hydrogen-bond acceptors (Lipinski definition) is 6. The first-order valence-electron chi connectivity index (χ1n) is 6.84. The molecule has 1 rings (SSSR count). The molecule has 0 spiro atoms. The number of urea groups is 1. The molecule has 0 heterocycles. The Morgan fingerprint density at radius 1 is 1.09 bits per heavy atom. The van der Waals surface area contributed by atoms with Gasteiger partial charge < -0.3 is 19.9 Å². The number of methoxy groups -OCH3 is 2. The molecular formula is C15H20N2O6. The number of amides is 3. The highest BCUT2D eigenvalue weighted by atomic mass is 16.6. The Labute approximate surface area is 133 Å². The summed E-state index contributed by atoms with van der Waals surface area (Å²) in [6, 6.07) is 3.75. The summed E-state index contributed by atoms with van der Waals surface area (Å²) in [6.07, 6.45) is -1.19. The summed E-state index contributed by atoms with van der Waals surface area (Å²) < 4.78 is 15.5. The van der Waals surface area contributed by atoms with E-state index in [9.17, 15) is 14.4 Å². The van der Waals surface area contributed by atoms with E-state index in [1.54, 1.807) is 32.0 Å². The van der Waals surface area contributed by atoms with Crippen LogP contribution >= 0.6 is 0 Å². The van der Waals surface area contributed by atoms with Crippen molar-refractivity contribution >= 4 is 17.9 Å². The molecule has 0 aliphatic carbocycles. The van der Waals surface area contributed by atoms with Crippen LogP contribution in [0.2, 0.25) is 0 Å². The zero-order chi connectivity index (χ0) is 17.6. The number of nitrogens with one attached hydrogen (secondary N) is 1. The highest BCUT2D eigenvalue weighted by Crippen LogP contribution is 2.29. The van der Waals surface area contributed by atoms with Gasteiger partial charge in [0.25, 0.3) is 5.91 Å². The van der Waals surface area contributed by atoms with Crippen LogP contribution in [0.3, 0.4) is 0 Å². The van der Waals surface area contributed by atoms with Gasteiger partial charge in [0.2, 0.25) is 0 Å². The third kappa shape index (κ3) is 4.60. The molecule has 0 saturated heterocycles. The fourth-order valence-corrected chi connectivity index (χ4v) is 1.91. The van der Waals surface area contributed by atoms with Crippen LogP contribution in [0.5, 0.6) is 11.5 Å². The lowest BCUT2D eigenvalue weighted by atomic mass is 10.1. The van der Waals surface area contributed by atoms with Gasteiger partial charge in [-0.05, 0) is 18.1 Å². The molecule has 3 N–H and O–H groups in total. The van der Waals surface area contributed by atoms with Crippen LogP contribution in [-0.2, 0) is 9.53 Å². The Morgan fingerprint density at radius 2 is 1.61 bits per heavy atom. The quantitative estimate of drug-likeness (QED) is 0.756. The van der Waals surface area contributed by atoms with Gasteiger partial charge in [-0.1, -0.05) is 19.9 Å². The number of nitrogens with two attached hydrogens (primary N) is 1. The summed E-state index contributed by atoms with van der Waals surface area (Å²) in [5.41, 5.74) is 4.96. The first-order valence-corrected chi connectivity index (χ1v) is 6.84. The zero-order valence-electron chi connectivity index (χ0n) is 13.4. The number of rotatable bonds is 6. The largest absolute Gasteiger partial charge is 0.496 e. The molecule has 0 saturated carbocycles. The fourth-order valence-electron chi connectivity index (χ4n) is 1.91. The van der Waals surface area contributed by atoms with Crippen LogP contribution in [0.25, 0.3) is 0 Å². The van der Waals surface area contributed by atoms with Crippen LogP contribution in [0.1, 0.15) is 24.2 Å². The molecular weight excluding hydrogens is 304 g/mol. The maximum Gasteiger partial charge on any atom is 0.346 e. The molecule has 1 aromatic rings. The molecule has 0 aliphatic heterocycles. The van der Waals surface area contributed by atoms with Crippen LogP contribution in [-0.4, -0.2) is 38.2 Å². The molecule has 3 amide bonds. The van der Waals surface area contributed by atoms with E-state index < -0.39 is 24.0 Å². The molecule has 23 heavy (non-hydrogen) atoms. The predicted molar refractivity (Wildman–Crippen MR) is 81.3 cm³/mol. The minimum atomic E-state index is -1.19. The molecule has 0 unspecified atom stereocenters. The van der Waals surface area contributed by atoms with E-state index in [0.717, 1.165) is 0 Å². The number of hydrogen-bond donors (Lipinski definition) is 2. The number of primary amides is 1. The van der Waals surface area contributed by atoms with Crippen molar-refractivity contribution in [2.24, 2.45) is 11.7 Å². The van der Waals surface area contributed by atoms with Crippen LogP contribution in [0.4, 0.5) is 4.79 Å². The number of esters is 1. The summed E-state index contributed by atoms with van der Waals surface area (Å²) in [4.78, 5) is 35.2. The second-order valence-corrected chi connectivity index (χ2v) is 4.96. The average Bonchev–Trinajstić information content (AvgIpc) is 2.50. The molecule has 0 aliphatic rings. The van der Waals surface area contributed by atoms with Gasteiger partial charge in [0.05, 0.1) is 14.2 Å². The molecule has 1 aromatic carbocycles. The molecule has 8 nitrogen and oxygen atoms in total. The van der Waals surface area contributed by atoms with Gasteiger partial charge in [-0.15, -0.1) is 0 Å². The van der Waals surface area contributed by atoms with Crippen molar-refractivity contribution in [2.75, 3.05) is 14.2 Å². The summed E-state index contributed by atoms with van der Waals surface area (Å²) in [7, 11) is 2.79. The van der Waals surface area contributed by atoms with Gasteiger partial charge in [-0.2, -0.15) is 0 Å². The van der Waals surface area contributed by atoms with E-state index in [1.807, 2.05) is 5.32 Å². The van der Waals surface area contributed by atoms with Crippen molar-refractivity contribution in [1.82, 2.24) is 5.32 Å². The Hall–Kier alpha value is -2.77. The topological polar surface area (TPSA) is 117 Å². The Balaban J connectivity index is 3.09. The van der Waals surface area contributed by atoms with E-state index in [2.05, 4.69) is 0 Å². The Kier molecular flexibility index (Phi) is 6.37. The van der Waals surface area contributed by atoms with E-state index in [4.69, 9.17) is 19.9 Å². The summed E-state index contributed by atoms with van der Waals surface area (Å²) in [5, 5.41) is 1.90. The first kappa shape index (κ1) is 18.3. The lowest BCUT2D eigenvalue weighted by Crippen LogP contribution is -2.45. The summed E-state index contributed by atoms with van der Waals surface area (Å²) >= 11 is 0. The highest BCUT2D eigenvalue weighted by molar-refractivity contribution is 6.00. The number of carbonyl (C=O) groups excluding carboxylic acids is 3. The van der Waals surface area contributed by atoms with Crippen molar-refractivity contribution in [3.05, 3.63) is 23.8 Å². The highest BCUT2D eigenvalue weighted by Gasteiger charge is 2.30. The minimum absolute atomic E-state index is 0.0509. The molecule has 0 aromatic heterocycles.